The van der Waals surface area contributed by atoms with Crippen LogP contribution in [0.2, 0.25) is 0 Å². The summed E-state index contributed by atoms with van der Waals surface area (Å²) in [5.41, 5.74) is 2.86. The van der Waals surface area contributed by atoms with Gasteiger partial charge in [-0.25, -0.2) is 4.98 Å². The fourth-order valence-electron chi connectivity index (χ4n) is 2.12. The Hall–Kier alpha value is -2.14. The normalized spacial score (nSPS) is 14.1. The van der Waals surface area contributed by atoms with Crippen LogP contribution in [0, 0.1) is 13.8 Å². The summed E-state index contributed by atoms with van der Waals surface area (Å²) in [6.45, 7) is 4.23. The van der Waals surface area contributed by atoms with Gasteiger partial charge < -0.3 is 14.5 Å². The van der Waals surface area contributed by atoms with Crippen LogP contribution in [0.5, 0.6) is 0 Å². The molecule has 5 heteroatoms. The lowest BCUT2D eigenvalue weighted by Gasteiger charge is -2.03. The number of nitrogens with one attached hydrogen (secondary N) is 1. The van der Waals surface area contributed by atoms with Gasteiger partial charge in [-0.3, -0.25) is 4.79 Å². The minimum Gasteiger partial charge on any atom is -0.441 e. The van der Waals surface area contributed by atoms with Crippen LogP contribution in [-0.2, 0) is 16.1 Å². The Labute approximate surface area is 129 Å². The third kappa shape index (κ3) is 3.74. The predicted octanol–water partition coefficient (Wildman–Crippen LogP) is 2.75. The quantitative estimate of drug-likeness (QED) is 0.891. The van der Waals surface area contributed by atoms with Gasteiger partial charge in [-0.1, -0.05) is 17.7 Å². The molecule has 22 heavy (non-hydrogen) atoms. The molecule has 1 amide bonds. The van der Waals surface area contributed by atoms with E-state index in [0.717, 1.165) is 29.9 Å². The Balaban J connectivity index is 1.57. The van der Waals surface area contributed by atoms with E-state index in [9.17, 15) is 4.79 Å². The molecule has 1 N–H and O–H groups in total. The zero-order valence-corrected chi connectivity index (χ0v) is 12.9. The number of aromatic nitrogens is 1. The average Bonchev–Trinajstić information content (AvgIpc) is 3.22. The van der Waals surface area contributed by atoms with E-state index in [0.29, 0.717) is 11.9 Å². The van der Waals surface area contributed by atoms with E-state index in [-0.39, 0.29) is 19.1 Å². The van der Waals surface area contributed by atoms with Gasteiger partial charge in [0.25, 0.3) is 0 Å². The van der Waals surface area contributed by atoms with E-state index >= 15 is 0 Å². The van der Waals surface area contributed by atoms with Crippen molar-refractivity contribution in [3.63, 3.8) is 0 Å². The van der Waals surface area contributed by atoms with Crippen molar-refractivity contribution in [3.05, 3.63) is 41.3 Å². The third-order valence-corrected chi connectivity index (χ3v) is 3.61. The van der Waals surface area contributed by atoms with Crippen LogP contribution < -0.4 is 5.32 Å². The number of oxazole rings is 1. The highest BCUT2D eigenvalue weighted by atomic mass is 16.5. The van der Waals surface area contributed by atoms with Crippen molar-refractivity contribution >= 4 is 5.91 Å². The smallest absolute Gasteiger partial charge is 0.246 e. The summed E-state index contributed by atoms with van der Waals surface area (Å²) in [6.07, 6.45) is 2.15. The van der Waals surface area contributed by atoms with Crippen molar-refractivity contribution in [2.45, 2.75) is 39.3 Å². The van der Waals surface area contributed by atoms with Crippen molar-refractivity contribution in [1.29, 1.82) is 0 Å². The number of amides is 1. The lowest BCUT2D eigenvalue weighted by atomic mass is 10.1. The van der Waals surface area contributed by atoms with Gasteiger partial charge in [0.15, 0.2) is 0 Å². The standard InChI is InChI=1S/C17H20N2O3/c1-11-3-5-13(6-4-11)17-19-15(12(2)22-17)9-21-10-16(20)18-14-7-8-14/h3-6,14H,7-10H2,1-2H3,(H,18,20). The van der Waals surface area contributed by atoms with Crippen LogP contribution in [0.15, 0.2) is 28.7 Å². The number of aryl methyl sites for hydroxylation is 2. The summed E-state index contributed by atoms with van der Waals surface area (Å²) < 4.78 is 11.1. The molecule has 1 aromatic heterocycles. The summed E-state index contributed by atoms with van der Waals surface area (Å²) in [7, 11) is 0. The minimum absolute atomic E-state index is 0.0582. The van der Waals surface area contributed by atoms with Gasteiger partial charge >= 0.3 is 0 Å². The molecule has 0 radical (unpaired) electrons. The Morgan fingerprint density at radius 1 is 1.32 bits per heavy atom. The molecule has 5 nitrogen and oxygen atoms in total. The van der Waals surface area contributed by atoms with Crippen LogP contribution in [0.1, 0.15) is 29.9 Å². The molecular weight excluding hydrogens is 280 g/mol. The maximum Gasteiger partial charge on any atom is 0.246 e. The summed E-state index contributed by atoms with van der Waals surface area (Å²) in [5, 5.41) is 2.88. The number of rotatable bonds is 6. The Bertz CT molecular complexity index is 657. The SMILES string of the molecule is Cc1ccc(-c2nc(COCC(=O)NC3CC3)c(C)o2)cc1. The van der Waals surface area contributed by atoms with E-state index in [1.165, 1.54) is 5.56 Å². The van der Waals surface area contributed by atoms with Gasteiger partial charge in [-0.15, -0.1) is 0 Å². The van der Waals surface area contributed by atoms with E-state index in [4.69, 9.17) is 9.15 Å². The Morgan fingerprint density at radius 2 is 2.05 bits per heavy atom. The number of nitrogens with zero attached hydrogens (tertiary/aromatic N) is 1. The van der Waals surface area contributed by atoms with Gasteiger partial charge in [0.05, 0.1) is 6.61 Å². The van der Waals surface area contributed by atoms with E-state index in [2.05, 4.69) is 10.3 Å². The number of carbonyl (C=O) groups is 1. The number of ether oxygens (including phenoxy) is 1. The molecule has 1 fully saturated rings. The van der Waals surface area contributed by atoms with Crippen molar-refractivity contribution in [1.82, 2.24) is 10.3 Å². The zero-order chi connectivity index (χ0) is 15.5. The highest BCUT2D eigenvalue weighted by Crippen LogP contribution is 2.22. The van der Waals surface area contributed by atoms with E-state index in [1.807, 2.05) is 38.1 Å². The Kier molecular flexibility index (Phi) is 4.24. The van der Waals surface area contributed by atoms with Gasteiger partial charge in [0.1, 0.15) is 18.1 Å². The zero-order valence-electron chi connectivity index (χ0n) is 12.9. The lowest BCUT2D eigenvalue weighted by Crippen LogP contribution is -2.29. The number of carbonyl (C=O) groups excluding carboxylic acids is 1. The molecule has 116 valence electrons. The molecule has 1 aromatic carbocycles. The summed E-state index contributed by atoms with van der Waals surface area (Å²) in [4.78, 5) is 16.0. The third-order valence-electron chi connectivity index (χ3n) is 3.61. The monoisotopic (exact) mass is 300 g/mol. The number of benzene rings is 1. The second kappa shape index (κ2) is 6.32. The van der Waals surface area contributed by atoms with Crippen molar-refractivity contribution in [2.24, 2.45) is 0 Å². The molecule has 0 saturated heterocycles. The predicted molar refractivity (Wildman–Crippen MR) is 82.2 cm³/mol. The first-order valence-corrected chi connectivity index (χ1v) is 7.52. The summed E-state index contributed by atoms with van der Waals surface area (Å²) in [6, 6.07) is 8.36. The van der Waals surface area contributed by atoms with Crippen LogP contribution >= 0.6 is 0 Å². The van der Waals surface area contributed by atoms with Crippen LogP contribution in [0.4, 0.5) is 0 Å². The maximum absolute atomic E-state index is 11.5. The van der Waals surface area contributed by atoms with Gasteiger partial charge in [-0.05, 0) is 38.8 Å². The van der Waals surface area contributed by atoms with E-state index in [1.54, 1.807) is 0 Å². The van der Waals surface area contributed by atoms with Gasteiger partial charge in [-0.2, -0.15) is 0 Å². The van der Waals surface area contributed by atoms with Crippen LogP contribution in [0.25, 0.3) is 11.5 Å². The molecule has 0 atom stereocenters. The first kappa shape index (κ1) is 14.8. The minimum atomic E-state index is -0.0672. The molecule has 2 aromatic rings. The van der Waals surface area contributed by atoms with Gasteiger partial charge in [0, 0.05) is 11.6 Å². The van der Waals surface area contributed by atoms with Gasteiger partial charge in [0.2, 0.25) is 11.8 Å². The highest BCUT2D eigenvalue weighted by Gasteiger charge is 2.23. The molecule has 1 aliphatic rings. The number of hydrogen-bond donors (Lipinski definition) is 1. The van der Waals surface area contributed by atoms with Crippen LogP contribution in [0.3, 0.4) is 0 Å². The first-order chi connectivity index (χ1) is 10.6. The molecule has 1 saturated carbocycles. The topological polar surface area (TPSA) is 64.4 Å². The van der Waals surface area contributed by atoms with E-state index < -0.39 is 0 Å². The highest BCUT2D eigenvalue weighted by molar-refractivity contribution is 5.77. The summed E-state index contributed by atoms with van der Waals surface area (Å²) in [5.74, 6) is 1.24. The molecule has 0 unspecified atom stereocenters. The average molecular weight is 300 g/mol. The van der Waals surface area contributed by atoms with Crippen molar-refractivity contribution < 1.29 is 13.9 Å². The van der Waals surface area contributed by atoms with Crippen molar-refractivity contribution in [3.8, 4) is 11.5 Å². The van der Waals surface area contributed by atoms with Crippen LogP contribution in [-0.4, -0.2) is 23.5 Å². The lowest BCUT2D eigenvalue weighted by molar-refractivity contribution is -0.126. The van der Waals surface area contributed by atoms with Crippen molar-refractivity contribution in [2.75, 3.05) is 6.61 Å². The number of hydrogen-bond acceptors (Lipinski definition) is 4. The summed E-state index contributed by atoms with van der Waals surface area (Å²) >= 11 is 0. The maximum atomic E-state index is 11.5. The Morgan fingerprint density at radius 3 is 2.73 bits per heavy atom. The largest absolute Gasteiger partial charge is 0.441 e. The molecule has 0 aliphatic heterocycles. The molecule has 1 heterocycles. The first-order valence-electron chi connectivity index (χ1n) is 7.52. The second-order valence-corrected chi connectivity index (χ2v) is 5.72. The molecule has 3 rings (SSSR count). The molecule has 0 spiro atoms. The fourth-order valence-corrected chi connectivity index (χ4v) is 2.12. The molecule has 0 bridgehead atoms. The molecule has 1 aliphatic carbocycles. The second-order valence-electron chi connectivity index (χ2n) is 5.72. The fraction of sp³-hybridized carbons (Fsp3) is 0.412. The molecular formula is C17H20N2O3.